The van der Waals surface area contributed by atoms with E-state index in [9.17, 15) is 8.42 Å². The average Bonchev–Trinajstić information content (AvgIpc) is 3.31. The van der Waals surface area contributed by atoms with E-state index in [1.807, 2.05) is 48.5 Å². The predicted octanol–water partition coefficient (Wildman–Crippen LogP) is 4.61. The Morgan fingerprint density at radius 3 is 2.07 bits per heavy atom. The lowest BCUT2D eigenvalue weighted by Crippen LogP contribution is -2.15. The molecule has 29 heavy (non-hydrogen) atoms. The van der Waals surface area contributed by atoms with Crippen LogP contribution in [0.4, 0.5) is 0 Å². The molecule has 0 unspecified atom stereocenters. The molecular formula is C22H16ClN3O2S. The quantitative estimate of drug-likeness (QED) is 0.482. The van der Waals surface area contributed by atoms with E-state index in [4.69, 9.17) is 11.6 Å². The molecule has 0 saturated carbocycles. The summed E-state index contributed by atoms with van der Waals surface area (Å²) in [5, 5.41) is 8.08. The molecule has 0 N–H and O–H groups in total. The Bertz CT molecular complexity index is 1270. The summed E-state index contributed by atoms with van der Waals surface area (Å²) in [5.41, 5.74) is 4.75. The van der Waals surface area contributed by atoms with Gasteiger partial charge < -0.3 is 0 Å². The van der Waals surface area contributed by atoms with Crippen LogP contribution in [0.25, 0.3) is 16.8 Å². The highest BCUT2D eigenvalue weighted by molar-refractivity contribution is 7.91. The number of halogens is 1. The lowest BCUT2D eigenvalue weighted by molar-refractivity contribution is 0.588. The Balaban J connectivity index is 1.50. The van der Waals surface area contributed by atoms with Crippen LogP contribution in [0.2, 0.25) is 5.02 Å². The maximum Gasteiger partial charge on any atom is 0.167 e. The van der Waals surface area contributed by atoms with Gasteiger partial charge in [0.2, 0.25) is 0 Å². The highest BCUT2D eigenvalue weighted by Crippen LogP contribution is 2.47. The molecule has 5 nitrogen and oxygen atoms in total. The van der Waals surface area contributed by atoms with Crippen molar-refractivity contribution in [1.82, 2.24) is 15.0 Å². The van der Waals surface area contributed by atoms with Crippen LogP contribution in [0.3, 0.4) is 0 Å². The van der Waals surface area contributed by atoms with E-state index in [0.717, 1.165) is 27.9 Å². The molecular weight excluding hydrogens is 406 g/mol. The molecule has 0 bridgehead atoms. The largest absolute Gasteiger partial charge is 0.227 e. The smallest absolute Gasteiger partial charge is 0.167 e. The predicted molar refractivity (Wildman–Crippen MR) is 113 cm³/mol. The van der Waals surface area contributed by atoms with Crippen LogP contribution < -0.4 is 0 Å². The van der Waals surface area contributed by atoms with Crippen molar-refractivity contribution in [3.05, 3.63) is 101 Å². The fraction of sp³-hybridized carbons (Fsp3) is 0.0909. The zero-order chi connectivity index (χ0) is 20.0. The number of aromatic nitrogens is 3. The van der Waals surface area contributed by atoms with Crippen molar-refractivity contribution in [1.29, 1.82) is 0 Å². The number of nitrogens with zero attached hydrogens (tertiary/aromatic N) is 3. The van der Waals surface area contributed by atoms with Gasteiger partial charge in [0.15, 0.2) is 9.84 Å². The van der Waals surface area contributed by atoms with E-state index in [1.165, 1.54) is 0 Å². The van der Waals surface area contributed by atoms with Gasteiger partial charge in [-0.15, -0.1) is 5.10 Å². The van der Waals surface area contributed by atoms with Crippen molar-refractivity contribution in [3.63, 3.8) is 0 Å². The van der Waals surface area contributed by atoms with Crippen molar-refractivity contribution < 1.29 is 8.42 Å². The van der Waals surface area contributed by atoms with Crippen molar-refractivity contribution in [2.45, 2.75) is 11.0 Å². The van der Waals surface area contributed by atoms with Crippen molar-refractivity contribution in [3.8, 4) is 16.8 Å². The van der Waals surface area contributed by atoms with E-state index in [1.54, 1.807) is 35.1 Å². The summed E-state index contributed by atoms with van der Waals surface area (Å²) >= 11 is 5.92. The first-order valence-electron chi connectivity index (χ1n) is 9.10. The molecule has 3 aromatic carbocycles. The average molecular weight is 422 g/mol. The van der Waals surface area contributed by atoms with Crippen LogP contribution in [0.15, 0.2) is 79.0 Å². The van der Waals surface area contributed by atoms with Gasteiger partial charge in [0.1, 0.15) is 5.25 Å². The molecule has 4 aromatic rings. The molecule has 5 rings (SSSR count). The van der Waals surface area contributed by atoms with Gasteiger partial charge in [0.25, 0.3) is 0 Å². The van der Waals surface area contributed by atoms with Gasteiger partial charge in [-0.1, -0.05) is 65.3 Å². The maximum atomic E-state index is 13.4. The summed E-state index contributed by atoms with van der Waals surface area (Å²) in [6, 6.07) is 22.5. The summed E-state index contributed by atoms with van der Waals surface area (Å²) < 4.78 is 28.4. The number of sulfone groups is 1. The Kier molecular flexibility index (Phi) is 4.26. The highest BCUT2D eigenvalue weighted by Gasteiger charge is 2.38. The lowest BCUT2D eigenvalue weighted by atomic mass is 10.1. The molecule has 1 aromatic heterocycles. The van der Waals surface area contributed by atoms with E-state index >= 15 is 0 Å². The summed E-state index contributed by atoms with van der Waals surface area (Å²) in [6.45, 7) is 0. The molecule has 0 amide bonds. The molecule has 1 aliphatic rings. The topological polar surface area (TPSA) is 64.8 Å². The van der Waals surface area contributed by atoms with Gasteiger partial charge in [0, 0.05) is 5.02 Å². The second kappa shape index (κ2) is 6.83. The van der Waals surface area contributed by atoms with Crippen molar-refractivity contribution in [2.24, 2.45) is 0 Å². The van der Waals surface area contributed by atoms with E-state index in [0.29, 0.717) is 10.7 Å². The van der Waals surface area contributed by atoms with Crippen LogP contribution in [0, 0.1) is 0 Å². The van der Waals surface area contributed by atoms with E-state index < -0.39 is 15.1 Å². The molecule has 0 radical (unpaired) electrons. The molecule has 144 valence electrons. The van der Waals surface area contributed by atoms with Crippen LogP contribution in [0.1, 0.15) is 22.1 Å². The number of hydrogen-bond acceptors (Lipinski definition) is 4. The third-order valence-corrected chi connectivity index (χ3v) is 7.29. The van der Waals surface area contributed by atoms with Crippen LogP contribution in [-0.4, -0.2) is 23.4 Å². The Hall–Kier alpha value is -2.96. The second-order valence-corrected chi connectivity index (χ2v) is 9.51. The summed E-state index contributed by atoms with van der Waals surface area (Å²) in [7, 11) is -3.55. The third kappa shape index (κ3) is 3.14. The second-order valence-electron chi connectivity index (χ2n) is 6.99. The third-order valence-electron chi connectivity index (χ3n) is 5.12. The maximum absolute atomic E-state index is 13.4. The fourth-order valence-electron chi connectivity index (χ4n) is 3.87. The number of benzene rings is 3. The highest BCUT2D eigenvalue weighted by atomic mass is 35.5. The summed E-state index contributed by atoms with van der Waals surface area (Å²) in [4.78, 5) is 0. The summed E-state index contributed by atoms with van der Waals surface area (Å²) in [5.74, 6) is -0.187. The first-order chi connectivity index (χ1) is 14.0. The van der Waals surface area contributed by atoms with Crippen molar-refractivity contribution in [2.75, 3.05) is 0 Å². The molecule has 0 fully saturated rings. The molecule has 0 aliphatic heterocycles. The van der Waals surface area contributed by atoms with Crippen LogP contribution >= 0.6 is 11.6 Å². The van der Waals surface area contributed by atoms with Crippen LogP contribution in [-0.2, 0) is 15.6 Å². The van der Waals surface area contributed by atoms with Gasteiger partial charge in [-0.25, -0.2) is 13.1 Å². The van der Waals surface area contributed by atoms with Crippen molar-refractivity contribution >= 4 is 21.4 Å². The molecule has 1 aliphatic carbocycles. The van der Waals surface area contributed by atoms with E-state index in [-0.39, 0.29) is 5.75 Å². The standard InChI is InChI=1S/C22H16ClN3O2S/c23-15-9-11-17(12-10-15)26-13-16(24-25-26)14-29(27,28)22-20-7-3-1-5-18(20)19-6-2-4-8-21(19)22/h1-13,22H,14H2. The SMILES string of the molecule is O=S(=O)(Cc1cn(-c2ccc(Cl)cc2)nn1)C1c2ccccc2-c2ccccc21. The number of rotatable bonds is 4. The number of fused-ring (bicyclic) bond motifs is 3. The first kappa shape index (κ1) is 18.1. The minimum atomic E-state index is -3.55. The van der Waals surface area contributed by atoms with Gasteiger partial charge in [-0.05, 0) is 46.5 Å². The van der Waals surface area contributed by atoms with E-state index in [2.05, 4.69) is 10.3 Å². The van der Waals surface area contributed by atoms with Gasteiger partial charge in [-0.3, -0.25) is 0 Å². The molecule has 0 spiro atoms. The van der Waals surface area contributed by atoms with Gasteiger partial charge in [-0.2, -0.15) is 0 Å². The molecule has 7 heteroatoms. The zero-order valence-electron chi connectivity index (χ0n) is 15.2. The molecule has 0 atom stereocenters. The van der Waals surface area contributed by atoms with Crippen LogP contribution in [0.5, 0.6) is 0 Å². The zero-order valence-corrected chi connectivity index (χ0v) is 16.8. The number of hydrogen-bond donors (Lipinski definition) is 0. The van der Waals surface area contributed by atoms with Gasteiger partial charge in [0.05, 0.1) is 23.3 Å². The minimum Gasteiger partial charge on any atom is -0.227 e. The Labute approximate surface area is 173 Å². The Morgan fingerprint density at radius 2 is 1.45 bits per heavy atom. The Morgan fingerprint density at radius 1 is 0.862 bits per heavy atom. The minimum absolute atomic E-state index is 0.187. The summed E-state index contributed by atoms with van der Waals surface area (Å²) in [6.07, 6.45) is 1.65. The molecule has 1 heterocycles. The molecule has 0 saturated heterocycles. The first-order valence-corrected chi connectivity index (χ1v) is 11.2. The lowest BCUT2D eigenvalue weighted by Gasteiger charge is -2.14. The monoisotopic (exact) mass is 421 g/mol. The van der Waals surface area contributed by atoms with Gasteiger partial charge >= 0.3 is 0 Å². The fourth-order valence-corrected chi connectivity index (χ4v) is 5.89. The normalized spacial score (nSPS) is 13.3.